The Bertz CT molecular complexity index is 368. The van der Waals surface area contributed by atoms with E-state index < -0.39 is 0 Å². The van der Waals surface area contributed by atoms with Crippen molar-refractivity contribution in [3.8, 4) is 0 Å². The molecule has 0 atom stereocenters. The van der Waals surface area contributed by atoms with Crippen molar-refractivity contribution in [2.24, 2.45) is 0 Å². The first-order chi connectivity index (χ1) is 11.9. The molecule has 1 aromatic rings. The zero-order valence-electron chi connectivity index (χ0n) is 16.6. The van der Waals surface area contributed by atoms with E-state index in [1.165, 1.54) is 108 Å². The molecule has 1 heterocycles. The van der Waals surface area contributed by atoms with Crippen LogP contribution in [0, 0.1) is 0 Å². The predicted molar refractivity (Wildman–Crippen MR) is 106 cm³/mol. The van der Waals surface area contributed by atoms with Crippen LogP contribution < -0.4 is 4.57 Å². The van der Waals surface area contributed by atoms with Crippen LogP contribution in [0.2, 0.25) is 0 Å². The van der Waals surface area contributed by atoms with E-state index in [1.54, 1.807) is 0 Å². The third kappa shape index (κ3) is 11.6. The van der Waals surface area contributed by atoms with E-state index in [2.05, 4.69) is 42.9 Å². The van der Waals surface area contributed by atoms with Gasteiger partial charge in [0.1, 0.15) is 6.54 Å². The molecule has 138 valence electrons. The van der Waals surface area contributed by atoms with E-state index >= 15 is 0 Å². The molecular weight excluding hydrogens is 290 g/mol. The first kappa shape index (κ1) is 21.2. The van der Waals surface area contributed by atoms with Crippen molar-refractivity contribution in [1.29, 1.82) is 0 Å². The summed E-state index contributed by atoms with van der Waals surface area (Å²) < 4.78 is 2.35. The Labute approximate surface area is 151 Å². The normalized spacial score (nSPS) is 11.1. The molecule has 0 saturated carbocycles. The molecule has 1 heteroatoms. The van der Waals surface area contributed by atoms with Gasteiger partial charge < -0.3 is 0 Å². The first-order valence-electron chi connectivity index (χ1n) is 10.8. The van der Waals surface area contributed by atoms with Crippen LogP contribution in [0.4, 0.5) is 0 Å². The summed E-state index contributed by atoms with van der Waals surface area (Å²) in [5, 5.41) is 0. The van der Waals surface area contributed by atoms with Gasteiger partial charge in [0.15, 0.2) is 12.4 Å². The van der Waals surface area contributed by atoms with E-state index in [4.69, 9.17) is 0 Å². The zero-order chi connectivity index (χ0) is 17.3. The van der Waals surface area contributed by atoms with E-state index in [0.717, 1.165) is 0 Å². The molecule has 0 fully saturated rings. The number of hydrogen-bond donors (Lipinski definition) is 0. The van der Waals surface area contributed by atoms with Crippen LogP contribution in [0.5, 0.6) is 0 Å². The van der Waals surface area contributed by atoms with E-state index in [0.29, 0.717) is 0 Å². The minimum absolute atomic E-state index is 1.19. The maximum Gasteiger partial charge on any atom is 0.169 e. The summed E-state index contributed by atoms with van der Waals surface area (Å²) in [6, 6.07) is 4.60. The highest BCUT2D eigenvalue weighted by atomic mass is 14.9. The molecule has 1 aromatic heterocycles. The Morgan fingerprint density at radius 1 is 0.583 bits per heavy atom. The monoisotopic (exact) mass is 332 g/mol. The van der Waals surface area contributed by atoms with Gasteiger partial charge in [-0.05, 0) is 24.8 Å². The molecule has 1 rings (SSSR count). The second-order valence-electron chi connectivity index (χ2n) is 7.44. The lowest BCUT2D eigenvalue weighted by atomic mass is 10.1. The smallest absolute Gasteiger partial charge is 0.169 e. The van der Waals surface area contributed by atoms with Gasteiger partial charge in [-0.1, -0.05) is 84.5 Å². The predicted octanol–water partition coefficient (Wildman–Crippen LogP) is 7.02. The molecule has 0 amide bonds. The zero-order valence-corrected chi connectivity index (χ0v) is 16.6. The number of aryl methyl sites for hydroxylation is 2. The van der Waals surface area contributed by atoms with E-state index in [1.807, 2.05) is 0 Å². The van der Waals surface area contributed by atoms with Crippen LogP contribution >= 0.6 is 0 Å². The van der Waals surface area contributed by atoms with Crippen LogP contribution in [0.25, 0.3) is 0 Å². The molecule has 0 unspecified atom stereocenters. The highest BCUT2D eigenvalue weighted by Crippen LogP contribution is 2.11. The molecule has 0 saturated heterocycles. The molecule has 0 aromatic carbocycles. The van der Waals surface area contributed by atoms with Crippen LogP contribution in [-0.2, 0) is 13.0 Å². The Morgan fingerprint density at radius 2 is 1.04 bits per heavy atom. The third-order valence-electron chi connectivity index (χ3n) is 5.05. The minimum atomic E-state index is 1.19. The number of nitrogens with zero attached hydrogens (tertiary/aromatic N) is 1. The summed E-state index contributed by atoms with van der Waals surface area (Å²) in [6.45, 7) is 5.74. The lowest BCUT2D eigenvalue weighted by molar-refractivity contribution is -0.697. The number of pyridine rings is 1. The van der Waals surface area contributed by atoms with Gasteiger partial charge in [-0.25, -0.2) is 4.57 Å². The van der Waals surface area contributed by atoms with Gasteiger partial charge in [0.05, 0.1) is 0 Å². The SMILES string of the molecule is CCCCCCCCCCCCCC[n+]1ccc(CCCC)cc1. The molecule has 1 nitrogen and oxygen atoms in total. The van der Waals surface area contributed by atoms with Crippen molar-refractivity contribution in [3.05, 3.63) is 30.1 Å². The van der Waals surface area contributed by atoms with Crippen LogP contribution in [0.3, 0.4) is 0 Å². The second kappa shape index (κ2) is 15.7. The van der Waals surface area contributed by atoms with Gasteiger partial charge in [-0.3, -0.25) is 0 Å². The van der Waals surface area contributed by atoms with Crippen LogP contribution in [0.15, 0.2) is 24.5 Å². The second-order valence-corrected chi connectivity index (χ2v) is 7.44. The first-order valence-corrected chi connectivity index (χ1v) is 10.8. The molecule has 24 heavy (non-hydrogen) atoms. The Morgan fingerprint density at radius 3 is 1.54 bits per heavy atom. The topological polar surface area (TPSA) is 3.88 Å². The van der Waals surface area contributed by atoms with Gasteiger partial charge in [0.2, 0.25) is 0 Å². The Kier molecular flexibility index (Phi) is 13.8. The molecular formula is C23H42N+. The fraction of sp³-hybridized carbons (Fsp3) is 0.783. The van der Waals surface area contributed by atoms with Crippen molar-refractivity contribution in [2.45, 2.75) is 117 Å². The van der Waals surface area contributed by atoms with Crippen molar-refractivity contribution in [3.63, 3.8) is 0 Å². The van der Waals surface area contributed by atoms with Crippen molar-refractivity contribution < 1.29 is 4.57 Å². The maximum absolute atomic E-state index is 2.35. The highest BCUT2D eigenvalue weighted by molar-refractivity contribution is 5.06. The maximum atomic E-state index is 2.35. The van der Waals surface area contributed by atoms with Gasteiger partial charge in [0.25, 0.3) is 0 Å². The molecule has 0 spiro atoms. The standard InChI is InChI=1S/C23H42N/c1-3-5-7-8-9-10-11-12-13-14-15-16-20-24-21-18-23(19-22-24)17-6-4-2/h18-19,21-22H,3-17,20H2,1-2H3/q+1. The lowest BCUT2D eigenvalue weighted by Crippen LogP contribution is -2.32. The molecule has 0 radical (unpaired) electrons. The van der Waals surface area contributed by atoms with Gasteiger partial charge >= 0.3 is 0 Å². The molecule has 0 aliphatic carbocycles. The molecule has 0 N–H and O–H groups in total. The van der Waals surface area contributed by atoms with Crippen molar-refractivity contribution in [2.75, 3.05) is 0 Å². The number of aromatic nitrogens is 1. The summed E-state index contributed by atoms with van der Waals surface area (Å²) in [5.74, 6) is 0. The third-order valence-corrected chi connectivity index (χ3v) is 5.05. The van der Waals surface area contributed by atoms with Gasteiger partial charge in [-0.15, -0.1) is 0 Å². The Balaban J connectivity index is 1.89. The lowest BCUT2D eigenvalue weighted by Gasteiger charge is -2.02. The van der Waals surface area contributed by atoms with E-state index in [9.17, 15) is 0 Å². The summed E-state index contributed by atoms with van der Waals surface area (Å²) in [6.07, 6.45) is 25.5. The van der Waals surface area contributed by atoms with Crippen LogP contribution in [0.1, 0.15) is 109 Å². The largest absolute Gasteiger partial charge is 0.205 e. The molecule has 0 bridgehead atoms. The van der Waals surface area contributed by atoms with Crippen LogP contribution in [-0.4, -0.2) is 0 Å². The number of rotatable bonds is 16. The summed E-state index contributed by atoms with van der Waals surface area (Å²) >= 11 is 0. The fourth-order valence-corrected chi connectivity index (χ4v) is 3.32. The average molecular weight is 333 g/mol. The Hall–Kier alpha value is -0.850. The fourth-order valence-electron chi connectivity index (χ4n) is 3.32. The van der Waals surface area contributed by atoms with E-state index in [-0.39, 0.29) is 0 Å². The molecule has 0 aliphatic heterocycles. The van der Waals surface area contributed by atoms with Crippen molar-refractivity contribution in [1.82, 2.24) is 0 Å². The minimum Gasteiger partial charge on any atom is -0.205 e. The van der Waals surface area contributed by atoms with Gasteiger partial charge in [0, 0.05) is 18.6 Å². The van der Waals surface area contributed by atoms with Gasteiger partial charge in [-0.2, -0.15) is 0 Å². The summed E-state index contributed by atoms with van der Waals surface area (Å²) in [7, 11) is 0. The summed E-state index contributed by atoms with van der Waals surface area (Å²) in [4.78, 5) is 0. The highest BCUT2D eigenvalue weighted by Gasteiger charge is 2.01. The number of hydrogen-bond acceptors (Lipinski definition) is 0. The molecule has 0 aliphatic rings. The quantitative estimate of drug-likeness (QED) is 0.226. The van der Waals surface area contributed by atoms with Crippen molar-refractivity contribution >= 4 is 0 Å². The summed E-state index contributed by atoms with van der Waals surface area (Å²) in [5.41, 5.74) is 1.49. The number of unbranched alkanes of at least 4 members (excludes halogenated alkanes) is 12. The average Bonchev–Trinajstić information content (AvgIpc) is 2.62.